The fourth-order valence-electron chi connectivity index (χ4n) is 4.49. The predicted octanol–water partition coefficient (Wildman–Crippen LogP) is 6.05. The average molecular weight is 575 g/mol. The van der Waals surface area contributed by atoms with Crippen LogP contribution in [0.25, 0.3) is 22.1 Å². The van der Waals surface area contributed by atoms with E-state index in [-0.39, 0.29) is 32.1 Å². The van der Waals surface area contributed by atoms with E-state index in [1.54, 1.807) is 13.1 Å². The van der Waals surface area contributed by atoms with Crippen molar-refractivity contribution in [1.82, 2.24) is 10.3 Å². The van der Waals surface area contributed by atoms with E-state index in [2.05, 4.69) is 10.3 Å². The Bertz CT molecular complexity index is 1550. The highest BCUT2D eigenvalue weighted by molar-refractivity contribution is 5.93. The molecular weight excluding hydrogens is 536 g/mol. The van der Waals surface area contributed by atoms with Crippen LogP contribution < -0.4 is 10.1 Å². The summed E-state index contributed by atoms with van der Waals surface area (Å²) in [5.41, 5.74) is 5.07. The SMILES string of the molecule is CCOC(=O)Cc1ccc(C)cc1OCc1cc(-c2ccnc(CNC(=O)OC(C)(C)C)c2)c2oc(CCO)cc2c1. The predicted molar refractivity (Wildman–Crippen MR) is 159 cm³/mol. The first-order chi connectivity index (χ1) is 20.0. The van der Waals surface area contributed by atoms with E-state index in [1.807, 2.05) is 76.2 Å². The number of aliphatic hydroxyl groups is 1. The van der Waals surface area contributed by atoms with Crippen LogP contribution in [0, 0.1) is 6.92 Å². The van der Waals surface area contributed by atoms with Gasteiger partial charge in [0.05, 0.1) is 31.9 Å². The molecule has 0 fully saturated rings. The molecule has 0 unspecified atom stereocenters. The number of aromatic nitrogens is 1. The van der Waals surface area contributed by atoms with Gasteiger partial charge in [-0.15, -0.1) is 0 Å². The van der Waals surface area contributed by atoms with Crippen LogP contribution in [0.3, 0.4) is 0 Å². The molecule has 0 aliphatic rings. The summed E-state index contributed by atoms with van der Waals surface area (Å²) in [6.45, 7) is 9.91. The van der Waals surface area contributed by atoms with Crippen LogP contribution in [0.5, 0.6) is 5.75 Å². The fraction of sp³-hybridized carbons (Fsp3) is 0.364. The summed E-state index contributed by atoms with van der Waals surface area (Å²) in [4.78, 5) is 28.7. The first-order valence-corrected chi connectivity index (χ1v) is 14.0. The normalized spacial score (nSPS) is 11.4. The van der Waals surface area contributed by atoms with Gasteiger partial charge in [-0.2, -0.15) is 0 Å². The van der Waals surface area contributed by atoms with E-state index >= 15 is 0 Å². The first kappa shape index (κ1) is 30.6. The van der Waals surface area contributed by atoms with E-state index in [0.717, 1.165) is 33.2 Å². The van der Waals surface area contributed by atoms with Crippen molar-refractivity contribution in [2.75, 3.05) is 13.2 Å². The minimum atomic E-state index is -0.600. The van der Waals surface area contributed by atoms with Gasteiger partial charge in [-0.05, 0) is 87.7 Å². The van der Waals surface area contributed by atoms with Crippen LogP contribution in [0.15, 0.2) is 59.1 Å². The van der Waals surface area contributed by atoms with Gasteiger partial charge in [-0.3, -0.25) is 9.78 Å². The number of carbonyl (C=O) groups excluding carboxylic acids is 2. The van der Waals surface area contributed by atoms with Crippen LogP contribution in [-0.4, -0.2) is 41.0 Å². The van der Waals surface area contributed by atoms with Gasteiger partial charge in [0.15, 0.2) is 0 Å². The fourth-order valence-corrected chi connectivity index (χ4v) is 4.49. The van der Waals surface area contributed by atoms with Crippen LogP contribution in [0.2, 0.25) is 0 Å². The molecule has 0 atom stereocenters. The van der Waals surface area contributed by atoms with E-state index in [1.165, 1.54) is 0 Å². The number of nitrogens with zero attached hydrogens (tertiary/aromatic N) is 1. The molecule has 0 spiro atoms. The van der Waals surface area contributed by atoms with E-state index in [0.29, 0.717) is 35.8 Å². The number of carbonyl (C=O) groups is 2. The Morgan fingerprint density at radius 2 is 1.88 bits per heavy atom. The van der Waals surface area contributed by atoms with Crippen molar-refractivity contribution >= 4 is 23.0 Å². The number of rotatable bonds is 11. The number of aryl methyl sites for hydroxylation is 1. The van der Waals surface area contributed by atoms with Crippen molar-refractivity contribution in [3.8, 4) is 16.9 Å². The zero-order valence-corrected chi connectivity index (χ0v) is 24.8. The number of ether oxygens (including phenoxy) is 3. The van der Waals surface area contributed by atoms with Gasteiger partial charge in [-0.25, -0.2) is 4.79 Å². The quantitative estimate of drug-likeness (QED) is 0.208. The minimum Gasteiger partial charge on any atom is -0.489 e. The summed E-state index contributed by atoms with van der Waals surface area (Å²) in [6.07, 6.45) is 1.68. The topological polar surface area (TPSA) is 120 Å². The van der Waals surface area contributed by atoms with Crippen molar-refractivity contribution in [2.24, 2.45) is 0 Å². The molecule has 2 heterocycles. The number of benzene rings is 2. The standard InChI is InChI=1S/C33H38N2O7/c1-6-39-30(37)18-24-8-7-21(2)13-29(24)40-20-22-14-25-17-27(10-12-36)41-31(25)28(15-22)23-9-11-34-26(16-23)19-35-32(38)42-33(3,4)5/h7-9,11,13-17,36H,6,10,12,18-20H2,1-5H3,(H,35,38). The first-order valence-electron chi connectivity index (χ1n) is 14.0. The van der Waals surface area contributed by atoms with Crippen molar-refractivity contribution in [2.45, 2.75) is 66.2 Å². The molecule has 2 N–H and O–H groups in total. The molecule has 2 aromatic heterocycles. The number of nitrogens with one attached hydrogen (secondary N) is 1. The van der Waals surface area contributed by atoms with Crippen LogP contribution in [-0.2, 0) is 40.3 Å². The molecule has 1 amide bonds. The van der Waals surface area contributed by atoms with Crippen LogP contribution >= 0.6 is 0 Å². The minimum absolute atomic E-state index is 0.0303. The van der Waals surface area contributed by atoms with Crippen LogP contribution in [0.4, 0.5) is 4.79 Å². The van der Waals surface area contributed by atoms with Gasteiger partial charge in [-0.1, -0.05) is 12.1 Å². The third-order valence-electron chi connectivity index (χ3n) is 6.28. The third-order valence-corrected chi connectivity index (χ3v) is 6.28. The summed E-state index contributed by atoms with van der Waals surface area (Å²) in [6, 6.07) is 15.4. The second-order valence-electron chi connectivity index (χ2n) is 11.0. The Hall–Kier alpha value is -4.37. The number of aliphatic hydroxyl groups excluding tert-OH is 1. The Morgan fingerprint density at radius 3 is 2.62 bits per heavy atom. The summed E-state index contributed by atoms with van der Waals surface area (Å²) < 4.78 is 22.9. The van der Waals surface area contributed by atoms with E-state index in [9.17, 15) is 14.7 Å². The number of alkyl carbamates (subject to hydrolysis) is 1. The second-order valence-corrected chi connectivity index (χ2v) is 11.0. The molecule has 42 heavy (non-hydrogen) atoms. The summed E-state index contributed by atoms with van der Waals surface area (Å²) in [5, 5.41) is 13.1. The highest BCUT2D eigenvalue weighted by atomic mass is 16.6. The number of hydrogen-bond acceptors (Lipinski definition) is 8. The molecule has 0 saturated heterocycles. The number of fused-ring (bicyclic) bond motifs is 1. The van der Waals surface area contributed by atoms with Crippen molar-refractivity contribution < 1.29 is 33.3 Å². The van der Waals surface area contributed by atoms with Gasteiger partial charge < -0.3 is 29.1 Å². The number of furan rings is 1. The molecule has 9 nitrogen and oxygen atoms in total. The lowest BCUT2D eigenvalue weighted by molar-refractivity contribution is -0.142. The lowest BCUT2D eigenvalue weighted by Gasteiger charge is -2.19. The van der Waals surface area contributed by atoms with Gasteiger partial charge >= 0.3 is 12.1 Å². The van der Waals surface area contributed by atoms with E-state index in [4.69, 9.17) is 18.6 Å². The molecule has 0 bridgehead atoms. The summed E-state index contributed by atoms with van der Waals surface area (Å²) in [5.74, 6) is 0.986. The number of amides is 1. The van der Waals surface area contributed by atoms with E-state index < -0.39 is 11.7 Å². The maximum atomic E-state index is 12.2. The molecular formula is C33H38N2O7. The summed E-state index contributed by atoms with van der Waals surface area (Å²) in [7, 11) is 0. The highest BCUT2D eigenvalue weighted by Crippen LogP contribution is 2.34. The lowest BCUT2D eigenvalue weighted by atomic mass is 10.0. The lowest BCUT2D eigenvalue weighted by Crippen LogP contribution is -2.32. The Morgan fingerprint density at radius 1 is 1.07 bits per heavy atom. The Kier molecular flexibility index (Phi) is 9.85. The second kappa shape index (κ2) is 13.5. The Labute approximate surface area is 245 Å². The monoisotopic (exact) mass is 574 g/mol. The summed E-state index contributed by atoms with van der Waals surface area (Å²) >= 11 is 0. The van der Waals surface area contributed by atoms with Crippen molar-refractivity contribution in [3.05, 3.63) is 82.9 Å². The molecule has 0 aliphatic carbocycles. The number of pyridine rings is 1. The van der Waals surface area contributed by atoms with Gasteiger partial charge in [0.1, 0.15) is 29.3 Å². The average Bonchev–Trinajstić information content (AvgIpc) is 3.33. The highest BCUT2D eigenvalue weighted by Gasteiger charge is 2.17. The molecule has 9 heteroatoms. The maximum Gasteiger partial charge on any atom is 0.407 e. The molecule has 0 saturated carbocycles. The zero-order valence-electron chi connectivity index (χ0n) is 24.8. The third kappa shape index (κ3) is 8.33. The maximum absolute atomic E-state index is 12.2. The van der Waals surface area contributed by atoms with Gasteiger partial charge in [0, 0.05) is 29.1 Å². The number of hydrogen-bond donors (Lipinski definition) is 2. The largest absolute Gasteiger partial charge is 0.489 e. The number of esters is 1. The molecule has 4 rings (SSSR count). The Balaban J connectivity index is 1.63. The molecule has 4 aromatic rings. The molecule has 2 aromatic carbocycles. The zero-order chi connectivity index (χ0) is 30.3. The van der Waals surface area contributed by atoms with Crippen LogP contribution in [0.1, 0.15) is 55.8 Å². The smallest absolute Gasteiger partial charge is 0.407 e. The van der Waals surface area contributed by atoms with Crippen molar-refractivity contribution in [3.63, 3.8) is 0 Å². The van der Waals surface area contributed by atoms with Gasteiger partial charge in [0.2, 0.25) is 0 Å². The molecule has 222 valence electrons. The molecule has 0 aliphatic heterocycles. The molecule has 0 radical (unpaired) electrons. The van der Waals surface area contributed by atoms with Gasteiger partial charge in [0.25, 0.3) is 0 Å². The van der Waals surface area contributed by atoms with Crippen molar-refractivity contribution in [1.29, 1.82) is 0 Å².